The van der Waals surface area contributed by atoms with Crippen LogP contribution in [-0.2, 0) is 9.53 Å². The normalized spacial score (nSPS) is 10.4. The van der Waals surface area contributed by atoms with Crippen LogP contribution < -0.4 is 0 Å². The van der Waals surface area contributed by atoms with Crippen molar-refractivity contribution in [1.29, 1.82) is 0 Å². The van der Waals surface area contributed by atoms with Gasteiger partial charge in [0, 0.05) is 24.7 Å². The summed E-state index contributed by atoms with van der Waals surface area (Å²) < 4.78 is 5.17. The van der Waals surface area contributed by atoms with E-state index in [1.165, 1.54) is 68.3 Å². The van der Waals surface area contributed by atoms with Crippen molar-refractivity contribution >= 4 is 17.6 Å². The molecule has 1 amide bonds. The Balaban J connectivity index is 2.21. The van der Waals surface area contributed by atoms with Crippen LogP contribution in [0.5, 0.6) is 0 Å². The van der Waals surface area contributed by atoms with Crippen LogP contribution in [0.2, 0.25) is 0 Å². The summed E-state index contributed by atoms with van der Waals surface area (Å²) in [7, 11) is 1.50. The molecule has 1 rings (SSSR count). The molecule has 0 aliphatic heterocycles. The van der Waals surface area contributed by atoms with Gasteiger partial charge in [-0.15, -0.1) is 0 Å². The molecule has 0 radical (unpaired) electrons. The summed E-state index contributed by atoms with van der Waals surface area (Å²) in [6.45, 7) is 2.42. The lowest BCUT2D eigenvalue weighted by Crippen LogP contribution is -2.33. The number of esters is 1. The van der Waals surface area contributed by atoms with Gasteiger partial charge < -0.3 is 9.64 Å². The van der Waals surface area contributed by atoms with Gasteiger partial charge in [0.15, 0.2) is 0 Å². The molecule has 7 heteroatoms. The highest BCUT2D eigenvalue weighted by Crippen LogP contribution is 2.13. The maximum Gasteiger partial charge on any atom is 0.325 e. The standard InChI is InChI=1S/C20H30N2O5/c1-3-4-5-6-7-8-9-10-15-27-19(23)16-21(2)20(24)17-11-13-18(14-12-17)22(25)26/h11-14H,3-10,15-16H2,1-2H3. The molecule has 0 aliphatic rings. The Kier molecular flexibility index (Phi) is 10.7. The Labute approximate surface area is 160 Å². The first-order valence-electron chi connectivity index (χ1n) is 9.61. The Bertz CT molecular complexity index is 601. The molecule has 0 saturated heterocycles. The lowest BCUT2D eigenvalue weighted by atomic mass is 10.1. The van der Waals surface area contributed by atoms with Gasteiger partial charge in [0.25, 0.3) is 11.6 Å². The first-order chi connectivity index (χ1) is 13.0. The number of likely N-dealkylation sites (N-methyl/N-ethyl adjacent to an activating group) is 1. The fourth-order valence-electron chi connectivity index (χ4n) is 2.68. The molecule has 1 aromatic carbocycles. The second kappa shape index (κ2) is 12.8. The predicted molar refractivity (Wildman–Crippen MR) is 104 cm³/mol. The maximum absolute atomic E-state index is 12.2. The zero-order chi connectivity index (χ0) is 20.1. The van der Waals surface area contributed by atoms with Crippen LogP contribution >= 0.6 is 0 Å². The van der Waals surface area contributed by atoms with Crippen molar-refractivity contribution in [1.82, 2.24) is 4.90 Å². The second-order valence-corrected chi connectivity index (χ2v) is 6.66. The van der Waals surface area contributed by atoms with Crippen LogP contribution in [0.15, 0.2) is 24.3 Å². The molecule has 0 aromatic heterocycles. The average Bonchev–Trinajstić information content (AvgIpc) is 2.66. The molecule has 0 bridgehead atoms. The monoisotopic (exact) mass is 378 g/mol. The topological polar surface area (TPSA) is 89.8 Å². The number of nitro groups is 1. The average molecular weight is 378 g/mol. The zero-order valence-corrected chi connectivity index (χ0v) is 16.3. The number of hydrogen-bond donors (Lipinski definition) is 0. The lowest BCUT2D eigenvalue weighted by Gasteiger charge is -2.16. The highest BCUT2D eigenvalue weighted by atomic mass is 16.6. The first kappa shape index (κ1) is 22.6. The molecule has 0 atom stereocenters. The number of benzene rings is 1. The summed E-state index contributed by atoms with van der Waals surface area (Å²) in [6.07, 6.45) is 9.35. The number of carbonyl (C=O) groups excluding carboxylic acids is 2. The number of carbonyl (C=O) groups is 2. The smallest absolute Gasteiger partial charge is 0.325 e. The molecule has 0 saturated carbocycles. The van der Waals surface area contributed by atoms with Gasteiger partial charge >= 0.3 is 5.97 Å². The van der Waals surface area contributed by atoms with E-state index < -0.39 is 10.9 Å². The molecule has 0 spiro atoms. The quantitative estimate of drug-likeness (QED) is 0.220. The van der Waals surface area contributed by atoms with Crippen LogP contribution in [0.4, 0.5) is 5.69 Å². The van der Waals surface area contributed by atoms with Crippen molar-refractivity contribution in [2.45, 2.75) is 58.3 Å². The number of rotatable bonds is 13. The summed E-state index contributed by atoms with van der Waals surface area (Å²) >= 11 is 0. The molecular weight excluding hydrogens is 348 g/mol. The van der Waals surface area contributed by atoms with Gasteiger partial charge in [-0.05, 0) is 18.6 Å². The van der Waals surface area contributed by atoms with Crippen LogP contribution in [0.3, 0.4) is 0 Å². The molecule has 7 nitrogen and oxygen atoms in total. The SMILES string of the molecule is CCCCCCCCCCOC(=O)CN(C)C(=O)c1ccc([N+](=O)[O-])cc1. The van der Waals surface area contributed by atoms with Gasteiger partial charge in [0.1, 0.15) is 6.54 Å². The van der Waals surface area contributed by atoms with Gasteiger partial charge in [0.05, 0.1) is 11.5 Å². The van der Waals surface area contributed by atoms with E-state index in [9.17, 15) is 19.7 Å². The summed E-state index contributed by atoms with van der Waals surface area (Å²) in [5, 5.41) is 10.6. The van der Waals surface area contributed by atoms with Crippen molar-refractivity contribution in [3.63, 3.8) is 0 Å². The van der Waals surface area contributed by atoms with E-state index in [0.29, 0.717) is 12.2 Å². The Morgan fingerprint density at radius 3 is 2.11 bits per heavy atom. The maximum atomic E-state index is 12.2. The lowest BCUT2D eigenvalue weighted by molar-refractivity contribution is -0.384. The van der Waals surface area contributed by atoms with Crippen LogP contribution in [0, 0.1) is 10.1 Å². The Morgan fingerprint density at radius 2 is 1.56 bits per heavy atom. The van der Waals surface area contributed by atoms with E-state index in [4.69, 9.17) is 4.74 Å². The third kappa shape index (κ3) is 9.17. The first-order valence-corrected chi connectivity index (χ1v) is 9.61. The van der Waals surface area contributed by atoms with Crippen molar-refractivity contribution < 1.29 is 19.2 Å². The summed E-state index contributed by atoms with van der Waals surface area (Å²) in [6, 6.07) is 5.29. The van der Waals surface area contributed by atoms with Gasteiger partial charge in [-0.25, -0.2) is 0 Å². The van der Waals surface area contributed by atoms with E-state index >= 15 is 0 Å². The minimum atomic E-state index is -0.527. The third-order valence-electron chi connectivity index (χ3n) is 4.30. The van der Waals surface area contributed by atoms with E-state index in [2.05, 4.69) is 6.92 Å². The van der Waals surface area contributed by atoms with E-state index in [-0.39, 0.29) is 18.1 Å². The van der Waals surface area contributed by atoms with Gasteiger partial charge in [0.2, 0.25) is 0 Å². The van der Waals surface area contributed by atoms with Crippen molar-refractivity contribution in [2.75, 3.05) is 20.2 Å². The fourth-order valence-corrected chi connectivity index (χ4v) is 2.68. The highest BCUT2D eigenvalue weighted by Gasteiger charge is 2.16. The number of hydrogen-bond acceptors (Lipinski definition) is 5. The van der Waals surface area contributed by atoms with Crippen LogP contribution in [0.25, 0.3) is 0 Å². The van der Waals surface area contributed by atoms with Gasteiger partial charge in [-0.2, -0.15) is 0 Å². The zero-order valence-electron chi connectivity index (χ0n) is 16.3. The predicted octanol–water partition coefficient (Wildman–Crippen LogP) is 4.35. The number of nitro benzene ring substituents is 1. The minimum absolute atomic E-state index is 0.0843. The molecular formula is C20H30N2O5. The minimum Gasteiger partial charge on any atom is -0.464 e. The van der Waals surface area contributed by atoms with Crippen LogP contribution in [-0.4, -0.2) is 41.9 Å². The second-order valence-electron chi connectivity index (χ2n) is 6.66. The number of amides is 1. The largest absolute Gasteiger partial charge is 0.464 e. The summed E-state index contributed by atoms with van der Waals surface area (Å²) in [4.78, 5) is 35.4. The third-order valence-corrected chi connectivity index (χ3v) is 4.30. The molecule has 0 heterocycles. The number of ether oxygens (including phenoxy) is 1. The van der Waals surface area contributed by atoms with E-state index in [1.807, 2.05) is 0 Å². The van der Waals surface area contributed by atoms with E-state index in [1.54, 1.807) is 0 Å². The van der Waals surface area contributed by atoms with Crippen LogP contribution in [0.1, 0.15) is 68.6 Å². The number of nitrogens with zero attached hydrogens (tertiary/aromatic N) is 2. The van der Waals surface area contributed by atoms with Gasteiger partial charge in [-0.3, -0.25) is 19.7 Å². The van der Waals surface area contributed by atoms with Crippen molar-refractivity contribution in [2.24, 2.45) is 0 Å². The summed E-state index contributed by atoms with van der Waals surface area (Å²) in [5.41, 5.74) is 0.206. The molecule has 0 fully saturated rings. The number of unbranched alkanes of at least 4 members (excludes halogenated alkanes) is 7. The summed E-state index contributed by atoms with van der Waals surface area (Å²) in [5.74, 6) is -0.829. The molecule has 150 valence electrons. The van der Waals surface area contributed by atoms with Crippen molar-refractivity contribution in [3.05, 3.63) is 39.9 Å². The van der Waals surface area contributed by atoms with E-state index in [0.717, 1.165) is 19.3 Å². The Hall–Kier alpha value is -2.44. The molecule has 27 heavy (non-hydrogen) atoms. The molecule has 0 aliphatic carbocycles. The highest BCUT2D eigenvalue weighted by molar-refractivity contribution is 5.95. The fraction of sp³-hybridized carbons (Fsp3) is 0.600. The van der Waals surface area contributed by atoms with Gasteiger partial charge in [-0.1, -0.05) is 51.9 Å². The van der Waals surface area contributed by atoms with Crippen molar-refractivity contribution in [3.8, 4) is 0 Å². The molecule has 0 unspecified atom stereocenters. The molecule has 0 N–H and O–H groups in total. The Morgan fingerprint density at radius 1 is 1.00 bits per heavy atom. The molecule has 1 aromatic rings. The number of non-ortho nitro benzene ring substituents is 1.